The molecule has 0 aliphatic rings. The van der Waals surface area contributed by atoms with Crippen LogP contribution >= 0.6 is 0 Å². The average Bonchev–Trinajstić information content (AvgIpc) is 3.62. The van der Waals surface area contributed by atoms with Gasteiger partial charge in [-0.05, 0) is 42.9 Å². The summed E-state index contributed by atoms with van der Waals surface area (Å²) in [5, 5.41) is 2.16. The van der Waals surface area contributed by atoms with Crippen molar-refractivity contribution >= 4 is 33.0 Å². The maximum Gasteiger partial charge on any atom is 0.120 e. The quantitative estimate of drug-likeness (QED) is 0.172. The van der Waals surface area contributed by atoms with Crippen molar-refractivity contribution in [3.8, 4) is 28.3 Å². The maximum absolute atomic E-state index is 6.25. The van der Waals surface area contributed by atoms with Crippen molar-refractivity contribution in [2.45, 2.75) is 6.92 Å². The Balaban J connectivity index is 0.000000205. The van der Waals surface area contributed by atoms with Gasteiger partial charge in [0.1, 0.15) is 5.58 Å². The summed E-state index contributed by atoms with van der Waals surface area (Å²) in [5.74, 6) is 0.798. The van der Waals surface area contributed by atoms with Gasteiger partial charge < -0.3 is 14.0 Å². The molecule has 0 saturated carbocycles. The van der Waals surface area contributed by atoms with Gasteiger partial charge in [0.25, 0.3) is 0 Å². The summed E-state index contributed by atoms with van der Waals surface area (Å²) >= 11 is 0. The van der Waals surface area contributed by atoms with Crippen LogP contribution in [-0.2, 0) is 20.1 Å². The third-order valence-electron chi connectivity index (χ3n) is 6.97. The number of imidazole rings is 1. The minimum atomic E-state index is 0. The van der Waals surface area contributed by atoms with Crippen molar-refractivity contribution in [3.05, 3.63) is 145 Å². The number of hydrogen-bond acceptors (Lipinski definition) is 4. The molecule has 0 saturated heterocycles. The van der Waals surface area contributed by atoms with E-state index < -0.39 is 0 Å². The molecule has 205 valence electrons. The Morgan fingerprint density at radius 3 is 2.31 bits per heavy atom. The number of rotatable bonds is 3. The Kier molecular flexibility index (Phi) is 7.74. The number of para-hydroxylation sites is 2. The average molecular weight is 721 g/mol. The summed E-state index contributed by atoms with van der Waals surface area (Å²) in [5.41, 5.74) is 8.38. The summed E-state index contributed by atoms with van der Waals surface area (Å²) in [4.78, 5) is 13.7. The second kappa shape index (κ2) is 11.9. The first-order valence-corrected chi connectivity index (χ1v) is 13.4. The van der Waals surface area contributed by atoms with Gasteiger partial charge in [0, 0.05) is 43.6 Å². The molecule has 5 nitrogen and oxygen atoms in total. The number of furan rings is 1. The predicted octanol–water partition coefficient (Wildman–Crippen LogP) is 8.64. The molecule has 0 N–H and O–H groups in total. The van der Waals surface area contributed by atoms with E-state index >= 15 is 0 Å². The van der Waals surface area contributed by atoms with Gasteiger partial charge in [-0.25, -0.2) is 0 Å². The minimum Gasteiger partial charge on any atom is -0.501 e. The third kappa shape index (κ3) is 5.03. The standard InChI is InChI=1S/C25H16N3O.C11H8N.Ir/c1-16-23-21(14-15-26-16)27-25(28(23)17-8-3-2-4-9-17)20-12-7-11-19-18-10-5-6-13-22(18)29-24(19)20;1-2-6-10(7-3-1)11-8-4-5-9-12-11;/h2-11,13-15H,1H3;1-6,8-9H;/q2*-1;. The van der Waals surface area contributed by atoms with Gasteiger partial charge >= 0.3 is 0 Å². The predicted molar refractivity (Wildman–Crippen MR) is 164 cm³/mol. The van der Waals surface area contributed by atoms with Gasteiger partial charge in [0.15, 0.2) is 0 Å². The van der Waals surface area contributed by atoms with Crippen LogP contribution in [-0.4, -0.2) is 19.5 Å². The largest absolute Gasteiger partial charge is 0.501 e. The zero-order chi connectivity index (χ0) is 27.6. The molecule has 0 spiro atoms. The smallest absolute Gasteiger partial charge is 0.120 e. The Labute approximate surface area is 256 Å². The number of hydrogen-bond donors (Lipinski definition) is 0. The molecule has 0 amide bonds. The molecule has 6 heteroatoms. The van der Waals surface area contributed by atoms with E-state index in [4.69, 9.17) is 9.40 Å². The van der Waals surface area contributed by atoms with Crippen molar-refractivity contribution in [2.24, 2.45) is 0 Å². The molecule has 4 heterocycles. The summed E-state index contributed by atoms with van der Waals surface area (Å²) in [7, 11) is 0. The molecular formula is C36H24IrN4O-2. The molecule has 4 aromatic heterocycles. The first-order chi connectivity index (χ1) is 20.3. The molecule has 8 rings (SSSR count). The molecule has 4 aromatic carbocycles. The van der Waals surface area contributed by atoms with Crippen LogP contribution in [0.2, 0.25) is 0 Å². The summed E-state index contributed by atoms with van der Waals surface area (Å²) in [6, 6.07) is 44.5. The van der Waals surface area contributed by atoms with E-state index in [-0.39, 0.29) is 20.1 Å². The molecule has 8 aromatic rings. The molecular weight excluding hydrogens is 697 g/mol. The van der Waals surface area contributed by atoms with Crippen molar-refractivity contribution in [2.75, 3.05) is 0 Å². The first kappa shape index (κ1) is 27.3. The van der Waals surface area contributed by atoms with E-state index in [0.29, 0.717) is 0 Å². The molecule has 0 bridgehead atoms. The van der Waals surface area contributed by atoms with E-state index in [1.165, 1.54) is 0 Å². The zero-order valence-electron chi connectivity index (χ0n) is 22.7. The van der Waals surface area contributed by atoms with Gasteiger partial charge in [0.2, 0.25) is 0 Å². The number of aromatic nitrogens is 4. The zero-order valence-corrected chi connectivity index (χ0v) is 25.0. The number of aryl methyl sites for hydroxylation is 1. The SMILES string of the molecule is Cc1nccc2nc(-c3[c-]ccc4c3oc3ccccc34)n(-c3ccccc3)c12.[Ir].[c-]1ccccc1-c1ccccn1. The van der Waals surface area contributed by atoms with Gasteiger partial charge in [-0.3, -0.25) is 9.97 Å². The van der Waals surface area contributed by atoms with Crippen LogP contribution in [0.5, 0.6) is 0 Å². The van der Waals surface area contributed by atoms with Crippen LogP contribution in [0, 0.1) is 19.1 Å². The topological polar surface area (TPSA) is 56.7 Å². The summed E-state index contributed by atoms with van der Waals surface area (Å²) in [6.07, 6.45) is 3.59. The molecule has 0 atom stereocenters. The molecule has 0 aliphatic carbocycles. The van der Waals surface area contributed by atoms with E-state index in [0.717, 1.165) is 67.0 Å². The van der Waals surface area contributed by atoms with Crippen LogP contribution in [0.25, 0.3) is 61.3 Å². The van der Waals surface area contributed by atoms with Crippen LogP contribution in [0.4, 0.5) is 0 Å². The van der Waals surface area contributed by atoms with E-state index in [9.17, 15) is 0 Å². The summed E-state index contributed by atoms with van der Waals surface area (Å²) in [6.45, 7) is 2.01. The minimum absolute atomic E-state index is 0. The van der Waals surface area contributed by atoms with Crippen molar-refractivity contribution in [1.29, 1.82) is 0 Å². The number of nitrogens with zero attached hydrogens (tertiary/aromatic N) is 4. The Morgan fingerprint density at radius 1 is 0.690 bits per heavy atom. The van der Waals surface area contributed by atoms with Crippen LogP contribution in [0.3, 0.4) is 0 Å². The number of benzene rings is 4. The third-order valence-corrected chi connectivity index (χ3v) is 6.97. The fourth-order valence-corrected chi connectivity index (χ4v) is 5.11. The molecule has 0 aliphatic heterocycles. The monoisotopic (exact) mass is 721 g/mol. The molecule has 1 radical (unpaired) electrons. The van der Waals surface area contributed by atoms with Crippen LogP contribution < -0.4 is 0 Å². The Morgan fingerprint density at radius 2 is 1.50 bits per heavy atom. The van der Waals surface area contributed by atoms with Crippen LogP contribution in [0.15, 0.2) is 132 Å². The fourth-order valence-electron chi connectivity index (χ4n) is 5.11. The van der Waals surface area contributed by atoms with Crippen molar-refractivity contribution in [1.82, 2.24) is 19.5 Å². The second-order valence-corrected chi connectivity index (χ2v) is 9.56. The maximum atomic E-state index is 6.25. The normalized spacial score (nSPS) is 10.8. The van der Waals surface area contributed by atoms with E-state index in [2.05, 4.69) is 44.9 Å². The Bertz CT molecular complexity index is 2070. The van der Waals surface area contributed by atoms with E-state index in [1.54, 1.807) is 12.4 Å². The second-order valence-electron chi connectivity index (χ2n) is 9.56. The molecule has 42 heavy (non-hydrogen) atoms. The van der Waals surface area contributed by atoms with Gasteiger partial charge in [-0.2, -0.15) is 0 Å². The number of pyridine rings is 2. The van der Waals surface area contributed by atoms with Gasteiger partial charge in [0.05, 0.1) is 28.1 Å². The number of fused-ring (bicyclic) bond motifs is 4. The molecule has 0 unspecified atom stereocenters. The van der Waals surface area contributed by atoms with Crippen molar-refractivity contribution < 1.29 is 24.5 Å². The molecule has 0 fully saturated rings. The summed E-state index contributed by atoms with van der Waals surface area (Å²) < 4.78 is 8.40. The first-order valence-electron chi connectivity index (χ1n) is 13.4. The van der Waals surface area contributed by atoms with E-state index in [1.807, 2.05) is 104 Å². The van der Waals surface area contributed by atoms with Gasteiger partial charge in [-0.15, -0.1) is 54.1 Å². The van der Waals surface area contributed by atoms with Gasteiger partial charge in [-0.1, -0.05) is 59.5 Å². The Hall–Kier alpha value is -4.90. The van der Waals surface area contributed by atoms with Crippen molar-refractivity contribution in [3.63, 3.8) is 0 Å². The van der Waals surface area contributed by atoms with Crippen LogP contribution in [0.1, 0.15) is 5.69 Å². The fraction of sp³-hybridized carbons (Fsp3) is 0.0278.